The molecule has 0 bridgehead atoms. The molecule has 0 atom stereocenters. The van der Waals surface area contributed by atoms with Crippen molar-refractivity contribution in [2.24, 2.45) is 0 Å². The van der Waals surface area contributed by atoms with Crippen molar-refractivity contribution in [2.75, 3.05) is 19.0 Å². The van der Waals surface area contributed by atoms with Crippen molar-refractivity contribution in [1.29, 1.82) is 0 Å². The number of aromatic nitrogens is 3. The Bertz CT molecular complexity index is 591. The van der Waals surface area contributed by atoms with Gasteiger partial charge in [0.2, 0.25) is 0 Å². The minimum Gasteiger partial charge on any atom is -0.363 e. The number of nitrogens with one attached hydrogen (secondary N) is 2. The summed E-state index contributed by atoms with van der Waals surface area (Å²) < 4.78 is 0. The van der Waals surface area contributed by atoms with E-state index >= 15 is 0 Å². The van der Waals surface area contributed by atoms with Gasteiger partial charge in [-0.1, -0.05) is 6.92 Å². The van der Waals surface area contributed by atoms with Crippen LogP contribution in [0.2, 0.25) is 0 Å². The van der Waals surface area contributed by atoms with Crippen LogP contribution in [0.1, 0.15) is 28.7 Å². The molecule has 106 valence electrons. The lowest BCUT2D eigenvalue weighted by atomic mass is 10.2. The molecule has 2 aromatic heterocycles. The smallest absolute Gasteiger partial charge is 0.272 e. The highest BCUT2D eigenvalue weighted by atomic mass is 16.1. The van der Waals surface area contributed by atoms with Gasteiger partial charge in [0.15, 0.2) is 0 Å². The Kier molecular flexibility index (Phi) is 4.34. The molecule has 0 saturated carbocycles. The van der Waals surface area contributed by atoms with Gasteiger partial charge in [0.05, 0.1) is 0 Å². The Hall–Kier alpha value is -2.37. The highest BCUT2D eigenvalue weighted by Crippen LogP contribution is 2.09. The lowest BCUT2D eigenvalue weighted by Gasteiger charge is -2.12. The number of carbonyl (C=O) groups excluding carboxylic acids is 1. The van der Waals surface area contributed by atoms with Gasteiger partial charge in [-0.25, -0.2) is 4.98 Å². The fourth-order valence-electron chi connectivity index (χ4n) is 1.75. The van der Waals surface area contributed by atoms with Crippen LogP contribution in [0.25, 0.3) is 0 Å². The van der Waals surface area contributed by atoms with Crippen LogP contribution in [0.4, 0.5) is 5.82 Å². The average molecular weight is 273 g/mol. The van der Waals surface area contributed by atoms with Crippen molar-refractivity contribution in [3.05, 3.63) is 41.3 Å². The molecule has 1 amide bonds. The second kappa shape index (κ2) is 6.18. The van der Waals surface area contributed by atoms with Gasteiger partial charge in [-0.2, -0.15) is 5.10 Å². The molecule has 2 aromatic rings. The lowest BCUT2D eigenvalue weighted by Crippen LogP contribution is -2.23. The topological polar surface area (TPSA) is 73.9 Å². The predicted molar refractivity (Wildman–Crippen MR) is 77.7 cm³/mol. The van der Waals surface area contributed by atoms with Gasteiger partial charge in [-0.15, -0.1) is 0 Å². The average Bonchev–Trinajstić information content (AvgIpc) is 2.94. The van der Waals surface area contributed by atoms with Gasteiger partial charge in [0.25, 0.3) is 5.91 Å². The second-order valence-corrected chi connectivity index (χ2v) is 4.73. The van der Waals surface area contributed by atoms with Crippen LogP contribution in [0.15, 0.2) is 24.4 Å². The first-order valence-electron chi connectivity index (χ1n) is 6.55. The van der Waals surface area contributed by atoms with Crippen molar-refractivity contribution in [3.8, 4) is 0 Å². The summed E-state index contributed by atoms with van der Waals surface area (Å²) in [5.74, 6) is 0.689. The van der Waals surface area contributed by atoms with Crippen LogP contribution < -0.4 is 10.2 Å². The quantitative estimate of drug-likeness (QED) is 0.862. The molecule has 0 aliphatic carbocycles. The normalized spacial score (nSPS) is 10.3. The van der Waals surface area contributed by atoms with E-state index in [1.165, 1.54) is 0 Å². The molecule has 0 fully saturated rings. The van der Waals surface area contributed by atoms with Gasteiger partial charge in [-0.05, 0) is 30.2 Å². The summed E-state index contributed by atoms with van der Waals surface area (Å²) in [5, 5.41) is 9.67. The number of hydrogen-bond donors (Lipinski definition) is 2. The number of pyridine rings is 1. The van der Waals surface area contributed by atoms with E-state index in [1.807, 2.05) is 38.1 Å². The summed E-state index contributed by atoms with van der Waals surface area (Å²) in [6, 6.07) is 5.60. The maximum Gasteiger partial charge on any atom is 0.272 e. The summed E-state index contributed by atoms with van der Waals surface area (Å²) >= 11 is 0. The number of nitrogens with zero attached hydrogens (tertiary/aromatic N) is 3. The standard InChI is InChI=1S/C14H19N5O/c1-4-11-8-12(18-17-11)14(20)16-9-10-5-6-15-13(7-10)19(2)3/h5-8H,4,9H2,1-3H3,(H,16,20)(H,17,18). The van der Waals surface area contributed by atoms with Crippen molar-refractivity contribution in [2.45, 2.75) is 19.9 Å². The molecule has 0 spiro atoms. The van der Waals surface area contributed by atoms with E-state index in [0.717, 1.165) is 23.5 Å². The molecule has 0 unspecified atom stereocenters. The van der Waals surface area contributed by atoms with E-state index in [9.17, 15) is 4.79 Å². The molecule has 2 N–H and O–H groups in total. The number of aromatic amines is 1. The zero-order valence-corrected chi connectivity index (χ0v) is 12.0. The van der Waals surface area contributed by atoms with E-state index in [-0.39, 0.29) is 5.91 Å². The van der Waals surface area contributed by atoms with Crippen molar-refractivity contribution >= 4 is 11.7 Å². The highest BCUT2D eigenvalue weighted by Gasteiger charge is 2.09. The summed E-state index contributed by atoms with van der Waals surface area (Å²) in [5.41, 5.74) is 2.38. The van der Waals surface area contributed by atoms with E-state index in [2.05, 4.69) is 20.5 Å². The Morgan fingerprint density at radius 2 is 2.20 bits per heavy atom. The summed E-state index contributed by atoms with van der Waals surface area (Å²) in [7, 11) is 3.86. The number of hydrogen-bond acceptors (Lipinski definition) is 4. The molecule has 0 aliphatic heterocycles. The molecule has 0 radical (unpaired) electrons. The summed E-state index contributed by atoms with van der Waals surface area (Å²) in [6.07, 6.45) is 2.57. The molecule has 2 rings (SSSR count). The molecular formula is C14H19N5O. The first-order chi connectivity index (χ1) is 9.60. The number of amides is 1. The van der Waals surface area contributed by atoms with Gasteiger partial charge < -0.3 is 10.2 Å². The fourth-order valence-corrected chi connectivity index (χ4v) is 1.75. The Morgan fingerprint density at radius 1 is 1.40 bits per heavy atom. The summed E-state index contributed by atoms with van der Waals surface area (Å²) in [6.45, 7) is 2.46. The van der Waals surface area contributed by atoms with E-state index in [0.29, 0.717) is 12.2 Å². The van der Waals surface area contributed by atoms with Gasteiger partial charge in [-0.3, -0.25) is 9.89 Å². The van der Waals surface area contributed by atoms with Crippen LogP contribution in [0.3, 0.4) is 0 Å². The minimum atomic E-state index is -0.177. The van der Waals surface area contributed by atoms with Crippen LogP contribution >= 0.6 is 0 Å². The van der Waals surface area contributed by atoms with Crippen LogP contribution in [-0.2, 0) is 13.0 Å². The largest absolute Gasteiger partial charge is 0.363 e. The number of carbonyl (C=O) groups is 1. The van der Waals surface area contributed by atoms with Crippen molar-refractivity contribution < 1.29 is 4.79 Å². The third-order valence-corrected chi connectivity index (χ3v) is 2.97. The third kappa shape index (κ3) is 3.34. The number of anilines is 1. The highest BCUT2D eigenvalue weighted by molar-refractivity contribution is 5.92. The van der Waals surface area contributed by atoms with Crippen molar-refractivity contribution in [1.82, 2.24) is 20.5 Å². The molecule has 0 saturated heterocycles. The first-order valence-corrected chi connectivity index (χ1v) is 6.55. The number of H-pyrrole nitrogens is 1. The Morgan fingerprint density at radius 3 is 2.85 bits per heavy atom. The third-order valence-electron chi connectivity index (χ3n) is 2.97. The van der Waals surface area contributed by atoms with Crippen LogP contribution in [0.5, 0.6) is 0 Å². The molecule has 6 heteroatoms. The molecule has 0 aliphatic rings. The SMILES string of the molecule is CCc1cc(C(=O)NCc2ccnc(N(C)C)c2)n[nH]1. The monoisotopic (exact) mass is 273 g/mol. The molecule has 2 heterocycles. The second-order valence-electron chi connectivity index (χ2n) is 4.73. The van der Waals surface area contributed by atoms with E-state index in [4.69, 9.17) is 0 Å². The van der Waals surface area contributed by atoms with Crippen LogP contribution in [0, 0.1) is 0 Å². The molecule has 6 nitrogen and oxygen atoms in total. The van der Waals surface area contributed by atoms with E-state index in [1.54, 1.807) is 12.3 Å². The number of rotatable bonds is 5. The predicted octanol–water partition coefficient (Wildman–Crippen LogP) is 1.36. The molecule has 20 heavy (non-hydrogen) atoms. The summed E-state index contributed by atoms with van der Waals surface area (Å²) in [4.78, 5) is 18.1. The van der Waals surface area contributed by atoms with Gasteiger partial charge in [0.1, 0.15) is 11.5 Å². The maximum absolute atomic E-state index is 11.9. The van der Waals surface area contributed by atoms with E-state index < -0.39 is 0 Å². The molecule has 0 aromatic carbocycles. The number of aryl methyl sites for hydroxylation is 1. The van der Waals surface area contributed by atoms with Gasteiger partial charge >= 0.3 is 0 Å². The zero-order valence-electron chi connectivity index (χ0n) is 12.0. The fraction of sp³-hybridized carbons (Fsp3) is 0.357. The minimum absolute atomic E-state index is 0.177. The molecular weight excluding hydrogens is 254 g/mol. The van der Waals surface area contributed by atoms with Crippen molar-refractivity contribution in [3.63, 3.8) is 0 Å². The van der Waals surface area contributed by atoms with Crippen LogP contribution in [-0.4, -0.2) is 35.2 Å². The zero-order chi connectivity index (χ0) is 14.5. The maximum atomic E-state index is 11.9. The Balaban J connectivity index is 1.97. The Labute approximate surface area is 118 Å². The lowest BCUT2D eigenvalue weighted by molar-refractivity contribution is 0.0946. The first kappa shape index (κ1) is 14.0. The van der Waals surface area contributed by atoms with Gasteiger partial charge in [0, 0.05) is 32.5 Å².